The quantitative estimate of drug-likeness (QED) is 0.486. The largest absolute Gasteiger partial charge is 0.478 e. The van der Waals surface area contributed by atoms with Crippen molar-refractivity contribution in [3.63, 3.8) is 0 Å². The summed E-state index contributed by atoms with van der Waals surface area (Å²) in [5, 5.41) is 13.5. The lowest BCUT2D eigenvalue weighted by Gasteiger charge is -2.16. The van der Waals surface area contributed by atoms with Crippen molar-refractivity contribution in [1.82, 2.24) is 15.5 Å². The first-order valence-electron chi connectivity index (χ1n) is 5.65. The van der Waals surface area contributed by atoms with Gasteiger partial charge in [0.25, 0.3) is 0 Å². The zero-order valence-electron chi connectivity index (χ0n) is 10.8. The average molecular weight is 259 g/mol. The standard InChI is InChI=1S/C11H21N3O4/c1-14(8-9-18-2)7-6-13-11(17)12-5-3-4-10(15)16/h3-4H,5-9H2,1-2H3,(H,15,16)(H2,12,13,17)/b4-3+. The van der Waals surface area contributed by atoms with Crippen LogP contribution in [0.5, 0.6) is 0 Å². The number of carboxylic acids is 1. The van der Waals surface area contributed by atoms with Crippen molar-refractivity contribution in [2.45, 2.75) is 0 Å². The normalized spacial score (nSPS) is 10.8. The number of rotatable bonds is 9. The fraction of sp³-hybridized carbons (Fsp3) is 0.636. The van der Waals surface area contributed by atoms with Crippen LogP contribution in [-0.2, 0) is 9.53 Å². The molecular weight excluding hydrogens is 238 g/mol. The Morgan fingerprint density at radius 3 is 2.67 bits per heavy atom. The van der Waals surface area contributed by atoms with E-state index in [1.807, 2.05) is 11.9 Å². The van der Waals surface area contributed by atoms with Gasteiger partial charge in [-0.1, -0.05) is 6.08 Å². The zero-order chi connectivity index (χ0) is 13.8. The highest BCUT2D eigenvalue weighted by molar-refractivity contribution is 5.80. The number of amides is 2. The summed E-state index contributed by atoms with van der Waals surface area (Å²) in [7, 11) is 3.58. The summed E-state index contributed by atoms with van der Waals surface area (Å²) >= 11 is 0. The van der Waals surface area contributed by atoms with Gasteiger partial charge >= 0.3 is 12.0 Å². The smallest absolute Gasteiger partial charge is 0.328 e. The number of carbonyl (C=O) groups is 2. The summed E-state index contributed by atoms with van der Waals surface area (Å²) in [6.45, 7) is 2.90. The maximum absolute atomic E-state index is 11.2. The van der Waals surface area contributed by atoms with Crippen LogP contribution in [-0.4, -0.2) is 69.0 Å². The molecule has 0 saturated heterocycles. The molecule has 3 N–H and O–H groups in total. The van der Waals surface area contributed by atoms with Gasteiger partial charge in [-0.05, 0) is 7.05 Å². The first kappa shape index (κ1) is 16.4. The fourth-order valence-electron chi connectivity index (χ4n) is 1.09. The first-order chi connectivity index (χ1) is 8.56. The van der Waals surface area contributed by atoms with Crippen LogP contribution in [0.25, 0.3) is 0 Å². The Kier molecular flexibility index (Phi) is 9.61. The van der Waals surface area contributed by atoms with Gasteiger partial charge in [-0.25, -0.2) is 9.59 Å². The molecule has 7 heteroatoms. The van der Waals surface area contributed by atoms with Gasteiger partial charge in [0.15, 0.2) is 0 Å². The second kappa shape index (κ2) is 10.5. The second-order valence-corrected chi connectivity index (χ2v) is 3.67. The number of methoxy groups -OCH3 is 1. The van der Waals surface area contributed by atoms with Crippen LogP contribution in [0.2, 0.25) is 0 Å². The molecule has 18 heavy (non-hydrogen) atoms. The molecule has 0 rings (SSSR count). The molecule has 0 atom stereocenters. The molecule has 0 aromatic carbocycles. The molecule has 0 radical (unpaired) electrons. The minimum atomic E-state index is -1.03. The van der Waals surface area contributed by atoms with Crippen LogP contribution in [0.1, 0.15) is 0 Å². The van der Waals surface area contributed by atoms with E-state index in [4.69, 9.17) is 9.84 Å². The average Bonchev–Trinajstić information content (AvgIpc) is 2.32. The molecule has 0 spiro atoms. The predicted molar refractivity (Wildman–Crippen MR) is 67.6 cm³/mol. The lowest BCUT2D eigenvalue weighted by Crippen LogP contribution is -2.40. The minimum absolute atomic E-state index is 0.192. The van der Waals surface area contributed by atoms with E-state index in [9.17, 15) is 9.59 Å². The SMILES string of the molecule is COCCN(C)CCNC(=O)NC/C=C/C(=O)O. The number of carbonyl (C=O) groups excluding carboxylic acids is 1. The van der Waals surface area contributed by atoms with Crippen molar-refractivity contribution < 1.29 is 19.4 Å². The topological polar surface area (TPSA) is 90.9 Å². The predicted octanol–water partition coefficient (Wildman–Crippen LogP) is -0.495. The van der Waals surface area contributed by atoms with Crippen LogP contribution in [0.15, 0.2) is 12.2 Å². The molecule has 0 fully saturated rings. The first-order valence-corrected chi connectivity index (χ1v) is 5.65. The van der Waals surface area contributed by atoms with Crippen molar-refractivity contribution in [2.24, 2.45) is 0 Å². The Bertz CT molecular complexity index is 281. The fourth-order valence-corrected chi connectivity index (χ4v) is 1.09. The minimum Gasteiger partial charge on any atom is -0.478 e. The Balaban J connectivity index is 3.50. The lowest BCUT2D eigenvalue weighted by molar-refractivity contribution is -0.131. The van der Waals surface area contributed by atoms with Gasteiger partial charge in [0.05, 0.1) is 6.61 Å². The molecular formula is C11H21N3O4. The van der Waals surface area contributed by atoms with Gasteiger partial charge in [0, 0.05) is 39.4 Å². The molecule has 0 aromatic heterocycles. The van der Waals surface area contributed by atoms with Crippen LogP contribution < -0.4 is 10.6 Å². The number of nitrogens with zero attached hydrogens (tertiary/aromatic N) is 1. The molecule has 0 saturated carbocycles. The number of aliphatic carboxylic acids is 1. The highest BCUT2D eigenvalue weighted by Gasteiger charge is 2.00. The van der Waals surface area contributed by atoms with E-state index in [1.54, 1.807) is 7.11 Å². The number of hydrogen-bond donors (Lipinski definition) is 3. The van der Waals surface area contributed by atoms with Gasteiger partial charge in [-0.3, -0.25) is 0 Å². The summed E-state index contributed by atoms with van der Waals surface area (Å²) < 4.78 is 4.93. The Hall–Kier alpha value is -1.60. The van der Waals surface area contributed by atoms with E-state index in [0.717, 1.165) is 19.2 Å². The van der Waals surface area contributed by atoms with E-state index in [-0.39, 0.29) is 12.6 Å². The maximum Gasteiger partial charge on any atom is 0.328 e. The zero-order valence-corrected chi connectivity index (χ0v) is 10.8. The summed E-state index contributed by atoms with van der Waals surface area (Å²) in [6, 6.07) is -0.315. The monoisotopic (exact) mass is 259 g/mol. The Morgan fingerprint density at radius 1 is 1.33 bits per heavy atom. The third kappa shape index (κ3) is 10.9. The van der Waals surface area contributed by atoms with E-state index >= 15 is 0 Å². The molecule has 0 unspecified atom stereocenters. The van der Waals surface area contributed by atoms with Crippen LogP contribution in [0.4, 0.5) is 4.79 Å². The van der Waals surface area contributed by atoms with E-state index in [2.05, 4.69) is 10.6 Å². The molecule has 2 amide bonds. The van der Waals surface area contributed by atoms with Crippen molar-refractivity contribution in [3.8, 4) is 0 Å². The summed E-state index contributed by atoms with van der Waals surface area (Å²) in [5.74, 6) is -1.03. The highest BCUT2D eigenvalue weighted by Crippen LogP contribution is 1.81. The van der Waals surface area contributed by atoms with Crippen LogP contribution in [0.3, 0.4) is 0 Å². The molecule has 7 nitrogen and oxygen atoms in total. The molecule has 0 aliphatic heterocycles. The van der Waals surface area contributed by atoms with E-state index in [1.165, 1.54) is 6.08 Å². The van der Waals surface area contributed by atoms with Crippen molar-refractivity contribution in [2.75, 3.05) is 46.9 Å². The number of ether oxygens (including phenoxy) is 1. The molecule has 0 aromatic rings. The summed E-state index contributed by atoms with van der Waals surface area (Å²) in [5.41, 5.74) is 0. The molecule has 0 heterocycles. The van der Waals surface area contributed by atoms with Gasteiger partial charge in [0.2, 0.25) is 0 Å². The van der Waals surface area contributed by atoms with Gasteiger partial charge < -0.3 is 25.4 Å². The van der Waals surface area contributed by atoms with Crippen LogP contribution >= 0.6 is 0 Å². The molecule has 0 bridgehead atoms. The number of carboxylic acid groups (broad SMARTS) is 1. The highest BCUT2D eigenvalue weighted by atomic mass is 16.5. The van der Waals surface area contributed by atoms with Gasteiger partial charge in [0.1, 0.15) is 0 Å². The number of nitrogens with one attached hydrogen (secondary N) is 2. The lowest BCUT2D eigenvalue weighted by atomic mass is 10.5. The van der Waals surface area contributed by atoms with Crippen molar-refractivity contribution in [1.29, 1.82) is 0 Å². The number of hydrogen-bond acceptors (Lipinski definition) is 4. The van der Waals surface area contributed by atoms with Crippen LogP contribution in [0, 0.1) is 0 Å². The second-order valence-electron chi connectivity index (χ2n) is 3.67. The third-order valence-corrected chi connectivity index (χ3v) is 2.10. The summed E-state index contributed by atoms with van der Waals surface area (Å²) in [4.78, 5) is 23.4. The van der Waals surface area contributed by atoms with Gasteiger partial charge in [-0.15, -0.1) is 0 Å². The molecule has 0 aliphatic carbocycles. The summed E-state index contributed by atoms with van der Waals surface area (Å²) in [6.07, 6.45) is 2.35. The maximum atomic E-state index is 11.2. The molecule has 0 aliphatic rings. The molecule has 104 valence electrons. The Labute approximate surface area is 107 Å². The Morgan fingerprint density at radius 2 is 2.06 bits per heavy atom. The van der Waals surface area contributed by atoms with Crippen molar-refractivity contribution >= 4 is 12.0 Å². The van der Waals surface area contributed by atoms with Crippen molar-refractivity contribution in [3.05, 3.63) is 12.2 Å². The third-order valence-electron chi connectivity index (χ3n) is 2.10. The number of likely N-dealkylation sites (N-methyl/N-ethyl adjacent to an activating group) is 1. The van der Waals surface area contributed by atoms with E-state index in [0.29, 0.717) is 13.2 Å². The van der Waals surface area contributed by atoms with E-state index < -0.39 is 5.97 Å². The van der Waals surface area contributed by atoms with Gasteiger partial charge in [-0.2, -0.15) is 0 Å². The number of urea groups is 1.